The number of thiazole rings is 1. The molecule has 0 spiro atoms. The summed E-state index contributed by atoms with van der Waals surface area (Å²) in [6, 6.07) is 6.63. The van der Waals surface area contributed by atoms with Crippen molar-refractivity contribution in [3.8, 4) is 0 Å². The zero-order valence-electron chi connectivity index (χ0n) is 15.3. The van der Waals surface area contributed by atoms with E-state index in [0.29, 0.717) is 22.3 Å². The first-order valence-corrected chi connectivity index (χ1v) is 9.37. The maximum atomic E-state index is 12.3. The second kappa shape index (κ2) is 8.62. The Balaban J connectivity index is 1.94. The van der Waals surface area contributed by atoms with E-state index in [-0.39, 0.29) is 22.9 Å². The highest BCUT2D eigenvalue weighted by Gasteiger charge is 2.21. The molecule has 0 aliphatic rings. The summed E-state index contributed by atoms with van der Waals surface area (Å²) in [5.74, 6) is -0.572. The number of hydrogen-bond acceptors (Lipinski definition) is 5. The van der Waals surface area contributed by atoms with Crippen molar-refractivity contribution in [1.82, 2.24) is 15.2 Å². The molecule has 1 heterocycles. The number of anilines is 1. The van der Waals surface area contributed by atoms with Crippen LogP contribution in [0.3, 0.4) is 0 Å². The summed E-state index contributed by atoms with van der Waals surface area (Å²) in [5, 5.41) is 8.06. The lowest BCUT2D eigenvalue weighted by molar-refractivity contribution is 0.0924. The van der Waals surface area contributed by atoms with Gasteiger partial charge in [-0.15, -0.1) is 11.3 Å². The van der Waals surface area contributed by atoms with Crippen LogP contribution in [-0.2, 0) is 0 Å². The SMILES string of the molecule is CN(C)CC(C)(C)CNC(=O)c1csc(NC(=O)c2cccc(Cl)c2)n1. The summed E-state index contributed by atoms with van der Waals surface area (Å²) in [6.07, 6.45) is 0. The maximum Gasteiger partial charge on any atom is 0.270 e. The normalized spacial score (nSPS) is 11.5. The van der Waals surface area contributed by atoms with E-state index in [1.807, 2.05) is 14.1 Å². The van der Waals surface area contributed by atoms with Crippen molar-refractivity contribution in [2.75, 3.05) is 32.5 Å². The third kappa shape index (κ3) is 6.09. The van der Waals surface area contributed by atoms with Crippen molar-refractivity contribution in [1.29, 1.82) is 0 Å². The molecule has 2 amide bonds. The minimum absolute atomic E-state index is 0.0567. The number of hydrogen-bond donors (Lipinski definition) is 2. The quantitative estimate of drug-likeness (QED) is 0.755. The first-order chi connectivity index (χ1) is 12.2. The van der Waals surface area contributed by atoms with Gasteiger partial charge in [0.25, 0.3) is 11.8 Å². The van der Waals surface area contributed by atoms with E-state index in [4.69, 9.17) is 11.6 Å². The summed E-state index contributed by atoms with van der Waals surface area (Å²) in [7, 11) is 4.00. The molecule has 1 aromatic heterocycles. The summed E-state index contributed by atoms with van der Waals surface area (Å²) < 4.78 is 0. The lowest BCUT2D eigenvalue weighted by atomic mass is 9.93. The fourth-order valence-corrected chi connectivity index (χ4v) is 3.43. The molecular weight excluding hydrogens is 372 g/mol. The van der Waals surface area contributed by atoms with E-state index in [1.165, 1.54) is 11.3 Å². The van der Waals surface area contributed by atoms with E-state index in [9.17, 15) is 9.59 Å². The van der Waals surface area contributed by atoms with Gasteiger partial charge >= 0.3 is 0 Å². The highest BCUT2D eigenvalue weighted by molar-refractivity contribution is 7.14. The highest BCUT2D eigenvalue weighted by atomic mass is 35.5. The molecule has 0 fully saturated rings. The molecule has 0 saturated heterocycles. The first-order valence-electron chi connectivity index (χ1n) is 8.12. The van der Waals surface area contributed by atoms with E-state index in [2.05, 4.69) is 34.4 Å². The first kappa shape index (κ1) is 20.4. The highest BCUT2D eigenvalue weighted by Crippen LogP contribution is 2.19. The smallest absolute Gasteiger partial charge is 0.270 e. The van der Waals surface area contributed by atoms with Crippen molar-refractivity contribution in [2.24, 2.45) is 5.41 Å². The minimum Gasteiger partial charge on any atom is -0.350 e. The van der Waals surface area contributed by atoms with Crippen LogP contribution >= 0.6 is 22.9 Å². The lowest BCUT2D eigenvalue weighted by Gasteiger charge is -2.28. The predicted octanol–water partition coefficient (Wildman–Crippen LogP) is 3.37. The van der Waals surface area contributed by atoms with Crippen LogP contribution < -0.4 is 10.6 Å². The Morgan fingerprint density at radius 1 is 1.27 bits per heavy atom. The lowest BCUT2D eigenvalue weighted by Crippen LogP contribution is -2.40. The van der Waals surface area contributed by atoms with Crippen molar-refractivity contribution < 1.29 is 9.59 Å². The Hall–Kier alpha value is -1.96. The van der Waals surface area contributed by atoms with Crippen LogP contribution in [0.25, 0.3) is 0 Å². The Morgan fingerprint density at radius 3 is 2.65 bits per heavy atom. The Kier molecular flexibility index (Phi) is 6.75. The van der Waals surface area contributed by atoms with Crippen LogP contribution in [0.2, 0.25) is 5.02 Å². The topological polar surface area (TPSA) is 74.3 Å². The summed E-state index contributed by atoms with van der Waals surface area (Å²) >= 11 is 7.10. The molecule has 8 heteroatoms. The molecule has 0 aliphatic heterocycles. The fourth-order valence-electron chi connectivity index (χ4n) is 2.56. The van der Waals surface area contributed by atoms with Gasteiger partial charge in [-0.3, -0.25) is 14.9 Å². The van der Waals surface area contributed by atoms with Crippen molar-refractivity contribution >= 4 is 39.9 Å². The average Bonchev–Trinajstić information content (AvgIpc) is 3.00. The molecule has 140 valence electrons. The number of rotatable bonds is 7. The molecule has 1 aromatic carbocycles. The van der Waals surface area contributed by atoms with Gasteiger partial charge in [0.2, 0.25) is 0 Å². The van der Waals surface area contributed by atoms with Gasteiger partial charge in [0, 0.05) is 29.1 Å². The predicted molar refractivity (Wildman–Crippen MR) is 106 cm³/mol. The largest absolute Gasteiger partial charge is 0.350 e. The Labute approximate surface area is 162 Å². The molecule has 6 nitrogen and oxygen atoms in total. The average molecular weight is 395 g/mol. The van der Waals surface area contributed by atoms with Gasteiger partial charge in [-0.1, -0.05) is 31.5 Å². The Morgan fingerprint density at radius 2 is 2.00 bits per heavy atom. The molecule has 0 saturated carbocycles. The van der Waals surface area contributed by atoms with E-state index in [0.717, 1.165) is 6.54 Å². The second-order valence-electron chi connectivity index (χ2n) is 7.09. The molecule has 2 rings (SSSR count). The third-order valence-corrected chi connectivity index (χ3v) is 4.51. The van der Waals surface area contributed by atoms with Crippen LogP contribution in [-0.4, -0.2) is 48.9 Å². The van der Waals surface area contributed by atoms with E-state index >= 15 is 0 Å². The Bertz CT molecular complexity index is 789. The zero-order chi connectivity index (χ0) is 19.3. The maximum absolute atomic E-state index is 12.3. The van der Waals surface area contributed by atoms with Gasteiger partial charge in [-0.25, -0.2) is 4.98 Å². The molecule has 0 unspecified atom stereocenters. The molecule has 2 N–H and O–H groups in total. The van der Waals surface area contributed by atoms with Gasteiger partial charge in [0.05, 0.1) is 0 Å². The van der Waals surface area contributed by atoms with Gasteiger partial charge in [0.1, 0.15) is 5.69 Å². The van der Waals surface area contributed by atoms with Crippen LogP contribution in [0, 0.1) is 5.41 Å². The van der Waals surface area contributed by atoms with Crippen LogP contribution in [0.4, 0.5) is 5.13 Å². The number of nitrogens with one attached hydrogen (secondary N) is 2. The number of carbonyl (C=O) groups excluding carboxylic acids is 2. The molecule has 26 heavy (non-hydrogen) atoms. The molecule has 0 atom stereocenters. The summed E-state index contributed by atoms with van der Waals surface area (Å²) in [5.41, 5.74) is 0.667. The number of amides is 2. The van der Waals surface area contributed by atoms with E-state index < -0.39 is 0 Å². The minimum atomic E-state index is -0.319. The molecule has 2 aromatic rings. The monoisotopic (exact) mass is 394 g/mol. The molecule has 0 bridgehead atoms. The van der Waals surface area contributed by atoms with Gasteiger partial charge in [0.15, 0.2) is 5.13 Å². The molecule has 0 radical (unpaired) electrons. The van der Waals surface area contributed by atoms with Crippen LogP contribution in [0.1, 0.15) is 34.7 Å². The van der Waals surface area contributed by atoms with Crippen LogP contribution in [0.5, 0.6) is 0 Å². The standard InChI is InChI=1S/C18H23ClN4O2S/c1-18(2,11-23(3)4)10-20-16(25)14-9-26-17(21-14)22-15(24)12-6-5-7-13(19)8-12/h5-9H,10-11H2,1-4H3,(H,20,25)(H,21,22,24). The molecule has 0 aliphatic carbocycles. The number of benzene rings is 1. The number of halogens is 1. The van der Waals surface area contributed by atoms with Crippen molar-refractivity contribution in [2.45, 2.75) is 13.8 Å². The number of carbonyl (C=O) groups is 2. The van der Waals surface area contributed by atoms with Gasteiger partial charge in [-0.2, -0.15) is 0 Å². The fraction of sp³-hybridized carbons (Fsp3) is 0.389. The van der Waals surface area contributed by atoms with Crippen LogP contribution in [0.15, 0.2) is 29.6 Å². The number of nitrogens with zero attached hydrogens (tertiary/aromatic N) is 2. The molecular formula is C18H23ClN4O2S. The van der Waals surface area contributed by atoms with Gasteiger partial charge in [-0.05, 0) is 37.7 Å². The van der Waals surface area contributed by atoms with E-state index in [1.54, 1.807) is 29.6 Å². The zero-order valence-corrected chi connectivity index (χ0v) is 16.9. The second-order valence-corrected chi connectivity index (χ2v) is 8.38. The summed E-state index contributed by atoms with van der Waals surface area (Å²) in [4.78, 5) is 30.7. The summed E-state index contributed by atoms with van der Waals surface area (Å²) in [6.45, 7) is 5.56. The third-order valence-electron chi connectivity index (χ3n) is 3.52. The van der Waals surface area contributed by atoms with Crippen molar-refractivity contribution in [3.05, 3.63) is 45.9 Å². The van der Waals surface area contributed by atoms with Crippen molar-refractivity contribution in [3.63, 3.8) is 0 Å². The van der Waals surface area contributed by atoms with Gasteiger partial charge < -0.3 is 10.2 Å². The number of aromatic nitrogens is 1.